The Balaban J connectivity index is 0.00000289. The van der Waals surface area contributed by atoms with Crippen molar-refractivity contribution in [3.8, 4) is 0 Å². The number of benzene rings is 1. The number of piperazine rings is 1. The Morgan fingerprint density at radius 2 is 1.94 bits per heavy atom. The molecule has 32 heavy (non-hydrogen) atoms. The van der Waals surface area contributed by atoms with Gasteiger partial charge in [0.2, 0.25) is 0 Å². The molecule has 0 radical (unpaired) electrons. The lowest BCUT2D eigenvalue weighted by atomic mass is 10.1. The topological polar surface area (TPSA) is 71.6 Å². The van der Waals surface area contributed by atoms with Gasteiger partial charge < -0.3 is 25.4 Å². The summed E-state index contributed by atoms with van der Waals surface area (Å²) < 4.78 is 0. The third-order valence-electron chi connectivity index (χ3n) is 6.00. The van der Waals surface area contributed by atoms with Gasteiger partial charge in [-0.15, -0.1) is 24.0 Å². The van der Waals surface area contributed by atoms with Crippen molar-refractivity contribution in [1.29, 1.82) is 0 Å². The van der Waals surface area contributed by atoms with Crippen LogP contribution in [0.1, 0.15) is 18.1 Å². The van der Waals surface area contributed by atoms with Gasteiger partial charge in [-0.3, -0.25) is 4.99 Å². The number of H-pyrrole nitrogens is 1. The second-order valence-electron chi connectivity index (χ2n) is 7.91. The van der Waals surface area contributed by atoms with E-state index in [1.807, 2.05) is 13.2 Å². The summed E-state index contributed by atoms with van der Waals surface area (Å²) in [6.45, 7) is 9.17. The Labute approximate surface area is 207 Å². The number of halogens is 1. The van der Waals surface area contributed by atoms with Gasteiger partial charge in [0.05, 0.1) is 0 Å². The van der Waals surface area contributed by atoms with Crippen LogP contribution in [0.4, 0.5) is 5.82 Å². The van der Waals surface area contributed by atoms with Crippen molar-refractivity contribution in [2.45, 2.75) is 19.9 Å². The first kappa shape index (κ1) is 24.3. The summed E-state index contributed by atoms with van der Waals surface area (Å²) in [5.74, 6) is 1.88. The van der Waals surface area contributed by atoms with Crippen LogP contribution in [0.15, 0.2) is 53.8 Å². The molecule has 7 nitrogen and oxygen atoms in total. The Kier molecular flexibility index (Phi) is 9.16. The number of nitrogens with one attached hydrogen (secondary N) is 3. The van der Waals surface area contributed by atoms with E-state index in [2.05, 4.69) is 84.9 Å². The number of aromatic amines is 1. The van der Waals surface area contributed by atoms with Crippen molar-refractivity contribution >= 4 is 46.7 Å². The molecule has 172 valence electrons. The molecule has 0 spiro atoms. The number of fused-ring (bicyclic) bond motifs is 1. The number of aliphatic imine (C=N–C) groups is 1. The fourth-order valence-electron chi connectivity index (χ4n) is 4.10. The number of nitrogens with zero attached hydrogens (tertiary/aromatic N) is 4. The highest BCUT2D eigenvalue weighted by molar-refractivity contribution is 14.0. The van der Waals surface area contributed by atoms with E-state index in [1.54, 1.807) is 0 Å². The molecule has 8 heteroatoms. The van der Waals surface area contributed by atoms with E-state index < -0.39 is 0 Å². The number of guanidine groups is 1. The normalized spacial score (nSPS) is 14.9. The van der Waals surface area contributed by atoms with E-state index >= 15 is 0 Å². The average molecular weight is 547 g/mol. The molecule has 1 aliphatic heterocycles. The first-order chi connectivity index (χ1) is 15.3. The number of rotatable bonds is 7. The van der Waals surface area contributed by atoms with E-state index in [9.17, 15) is 0 Å². The zero-order valence-electron chi connectivity index (χ0n) is 19.0. The van der Waals surface area contributed by atoms with Crippen LogP contribution >= 0.6 is 24.0 Å². The average Bonchev–Trinajstić information content (AvgIpc) is 3.24. The maximum Gasteiger partial charge on any atom is 0.191 e. The molecule has 0 saturated carbocycles. The summed E-state index contributed by atoms with van der Waals surface area (Å²) in [6.07, 6.45) is 4.95. The molecule has 3 aromatic rings. The summed E-state index contributed by atoms with van der Waals surface area (Å²) in [6, 6.07) is 12.7. The van der Waals surface area contributed by atoms with Crippen molar-refractivity contribution in [3.05, 3.63) is 59.9 Å². The van der Waals surface area contributed by atoms with Crippen molar-refractivity contribution in [2.75, 3.05) is 51.2 Å². The van der Waals surface area contributed by atoms with Crippen LogP contribution in [0.5, 0.6) is 0 Å². The molecule has 1 fully saturated rings. The Morgan fingerprint density at radius 3 is 2.72 bits per heavy atom. The monoisotopic (exact) mass is 547 g/mol. The van der Waals surface area contributed by atoms with Crippen LogP contribution in [0, 0.1) is 0 Å². The molecule has 0 atom stereocenters. The second-order valence-corrected chi connectivity index (χ2v) is 7.91. The number of anilines is 1. The minimum absolute atomic E-state index is 0. The summed E-state index contributed by atoms with van der Waals surface area (Å²) in [5, 5.41) is 8.14. The van der Waals surface area contributed by atoms with Crippen LogP contribution in [0.25, 0.3) is 10.9 Å². The van der Waals surface area contributed by atoms with Crippen molar-refractivity contribution < 1.29 is 0 Å². The number of aromatic nitrogens is 2. The number of hydrogen-bond donors (Lipinski definition) is 3. The summed E-state index contributed by atoms with van der Waals surface area (Å²) >= 11 is 0. The third-order valence-corrected chi connectivity index (χ3v) is 6.00. The van der Waals surface area contributed by atoms with Gasteiger partial charge >= 0.3 is 0 Å². The lowest BCUT2D eigenvalue weighted by molar-refractivity contribution is 0.270. The van der Waals surface area contributed by atoms with Crippen LogP contribution < -0.4 is 15.5 Å². The van der Waals surface area contributed by atoms with Gasteiger partial charge in [-0.1, -0.05) is 25.1 Å². The summed E-state index contributed by atoms with van der Waals surface area (Å²) in [7, 11) is 1.81. The van der Waals surface area contributed by atoms with Crippen molar-refractivity contribution in [2.24, 2.45) is 4.99 Å². The molecule has 1 aromatic carbocycles. The third kappa shape index (κ3) is 6.13. The molecular weight excluding hydrogens is 513 g/mol. The van der Waals surface area contributed by atoms with E-state index in [1.165, 1.54) is 22.0 Å². The fraction of sp³-hybridized carbons (Fsp3) is 0.417. The molecule has 3 N–H and O–H groups in total. The molecular formula is C24H34IN7. The number of para-hydroxylation sites is 1. The predicted molar refractivity (Wildman–Crippen MR) is 144 cm³/mol. The quantitative estimate of drug-likeness (QED) is 0.241. The van der Waals surface area contributed by atoms with Crippen molar-refractivity contribution in [1.82, 2.24) is 25.5 Å². The first-order valence-corrected chi connectivity index (χ1v) is 11.2. The van der Waals surface area contributed by atoms with Gasteiger partial charge in [0.15, 0.2) is 5.96 Å². The summed E-state index contributed by atoms with van der Waals surface area (Å²) in [5.41, 5.74) is 3.72. The van der Waals surface area contributed by atoms with E-state index in [0.717, 1.165) is 64.0 Å². The van der Waals surface area contributed by atoms with Crippen LogP contribution in [0.2, 0.25) is 0 Å². The smallest absolute Gasteiger partial charge is 0.191 e. The van der Waals surface area contributed by atoms with Gasteiger partial charge in [0, 0.05) is 69.6 Å². The van der Waals surface area contributed by atoms with Gasteiger partial charge in [-0.2, -0.15) is 0 Å². The van der Waals surface area contributed by atoms with Crippen LogP contribution in [-0.2, 0) is 13.0 Å². The molecule has 0 bridgehead atoms. The molecule has 3 heterocycles. The molecule has 0 unspecified atom stereocenters. The zero-order chi connectivity index (χ0) is 21.5. The maximum absolute atomic E-state index is 4.59. The second kappa shape index (κ2) is 12.1. The highest BCUT2D eigenvalue weighted by atomic mass is 127. The number of hydrogen-bond acceptors (Lipinski definition) is 4. The Hall–Kier alpha value is -2.33. The minimum atomic E-state index is 0. The summed E-state index contributed by atoms with van der Waals surface area (Å²) in [4.78, 5) is 17.2. The highest BCUT2D eigenvalue weighted by Gasteiger charge is 2.16. The fourth-order valence-corrected chi connectivity index (χ4v) is 4.10. The lowest BCUT2D eigenvalue weighted by Crippen LogP contribution is -2.46. The van der Waals surface area contributed by atoms with Gasteiger partial charge in [0.25, 0.3) is 0 Å². The number of likely N-dealkylation sites (N-methyl/N-ethyl adjacent to an activating group) is 1. The van der Waals surface area contributed by atoms with Crippen molar-refractivity contribution in [3.63, 3.8) is 0 Å². The minimum Gasteiger partial charge on any atom is -0.361 e. The number of pyridine rings is 1. The van der Waals surface area contributed by atoms with Crippen LogP contribution in [-0.4, -0.2) is 67.1 Å². The Bertz CT molecular complexity index is 1010. The largest absolute Gasteiger partial charge is 0.361 e. The van der Waals surface area contributed by atoms with Gasteiger partial charge in [-0.25, -0.2) is 4.98 Å². The highest BCUT2D eigenvalue weighted by Crippen LogP contribution is 2.18. The van der Waals surface area contributed by atoms with E-state index in [-0.39, 0.29) is 24.0 Å². The Morgan fingerprint density at radius 1 is 1.12 bits per heavy atom. The molecule has 4 rings (SSSR count). The maximum atomic E-state index is 4.59. The SMILES string of the molecule is CCN1CCN(c2cc(CNC(=NC)NCCc3c[nH]c4ccccc34)ccn2)CC1.I. The molecule has 1 aliphatic rings. The molecule has 1 saturated heterocycles. The van der Waals surface area contributed by atoms with E-state index in [0.29, 0.717) is 0 Å². The van der Waals surface area contributed by atoms with Gasteiger partial charge in [0.1, 0.15) is 5.82 Å². The molecule has 2 aromatic heterocycles. The first-order valence-electron chi connectivity index (χ1n) is 11.2. The molecule has 0 amide bonds. The van der Waals surface area contributed by atoms with E-state index in [4.69, 9.17) is 0 Å². The molecule has 0 aliphatic carbocycles. The zero-order valence-corrected chi connectivity index (χ0v) is 21.3. The van der Waals surface area contributed by atoms with Crippen LogP contribution in [0.3, 0.4) is 0 Å². The lowest BCUT2D eigenvalue weighted by Gasteiger charge is -2.34. The predicted octanol–water partition coefficient (Wildman–Crippen LogP) is 3.23. The van der Waals surface area contributed by atoms with Gasteiger partial charge in [-0.05, 0) is 42.3 Å². The standard InChI is InChI=1S/C24H33N7.HI/c1-3-30-12-14-31(15-13-30)23-16-19(8-10-26-23)17-29-24(25-2)27-11-9-20-18-28-22-7-5-4-6-21(20)22;/h4-8,10,16,18,28H,3,9,11-15,17H2,1-2H3,(H2,25,27,29);1H.